The summed E-state index contributed by atoms with van der Waals surface area (Å²) in [5, 5.41) is 1.66. The van der Waals surface area contributed by atoms with Gasteiger partial charge in [0.05, 0.1) is 18.3 Å². The van der Waals surface area contributed by atoms with Gasteiger partial charge in [0.2, 0.25) is 5.88 Å². The monoisotopic (exact) mass is 287 g/mol. The summed E-state index contributed by atoms with van der Waals surface area (Å²) in [5.41, 5.74) is 1.50. The molecular formula is C12H8Cl3NO. The Kier molecular flexibility index (Phi) is 3.77. The van der Waals surface area contributed by atoms with Gasteiger partial charge in [0.25, 0.3) is 0 Å². The van der Waals surface area contributed by atoms with Gasteiger partial charge in [-0.15, -0.1) is 0 Å². The summed E-state index contributed by atoms with van der Waals surface area (Å²) in [6, 6.07) is 6.92. The summed E-state index contributed by atoms with van der Waals surface area (Å²) >= 11 is 18.2. The highest BCUT2D eigenvalue weighted by Crippen LogP contribution is 2.36. The molecule has 0 atom stereocenters. The molecule has 0 saturated carbocycles. The third kappa shape index (κ3) is 2.65. The molecule has 2 aromatic rings. The van der Waals surface area contributed by atoms with Crippen LogP contribution in [0.15, 0.2) is 30.5 Å². The standard InChI is InChI=1S/C12H8Cl3NO/c1-17-12-5-9(11(15)6-16-12)8-4-7(13)2-3-10(8)14/h2-6H,1H3. The van der Waals surface area contributed by atoms with Gasteiger partial charge < -0.3 is 4.74 Å². The van der Waals surface area contributed by atoms with Crippen molar-refractivity contribution in [3.63, 3.8) is 0 Å². The van der Waals surface area contributed by atoms with E-state index in [2.05, 4.69) is 4.98 Å². The molecule has 2 nitrogen and oxygen atoms in total. The molecule has 0 fully saturated rings. The number of pyridine rings is 1. The maximum atomic E-state index is 6.12. The zero-order valence-electron chi connectivity index (χ0n) is 8.88. The predicted molar refractivity (Wildman–Crippen MR) is 71.3 cm³/mol. The minimum atomic E-state index is 0.473. The number of hydrogen-bond donors (Lipinski definition) is 0. The molecule has 2 rings (SSSR count). The first kappa shape index (κ1) is 12.5. The van der Waals surface area contributed by atoms with Gasteiger partial charge in [-0.2, -0.15) is 0 Å². The van der Waals surface area contributed by atoms with Gasteiger partial charge in [-0.3, -0.25) is 0 Å². The van der Waals surface area contributed by atoms with Crippen molar-refractivity contribution in [1.82, 2.24) is 4.98 Å². The first-order valence-electron chi connectivity index (χ1n) is 4.77. The van der Waals surface area contributed by atoms with Crippen molar-refractivity contribution in [2.45, 2.75) is 0 Å². The third-order valence-corrected chi connectivity index (χ3v) is 3.12. The van der Waals surface area contributed by atoms with Crippen LogP contribution in [0.1, 0.15) is 0 Å². The van der Waals surface area contributed by atoms with Crippen molar-refractivity contribution in [3.05, 3.63) is 45.5 Å². The highest BCUT2D eigenvalue weighted by atomic mass is 35.5. The molecule has 0 radical (unpaired) electrons. The topological polar surface area (TPSA) is 22.1 Å². The number of rotatable bonds is 2. The summed E-state index contributed by atoms with van der Waals surface area (Å²) in [6.07, 6.45) is 1.52. The Morgan fingerprint density at radius 1 is 1.00 bits per heavy atom. The summed E-state index contributed by atoms with van der Waals surface area (Å²) < 4.78 is 5.06. The van der Waals surface area contributed by atoms with Crippen molar-refractivity contribution in [3.8, 4) is 17.0 Å². The van der Waals surface area contributed by atoms with E-state index in [1.54, 1.807) is 31.4 Å². The van der Waals surface area contributed by atoms with Crippen molar-refractivity contribution in [1.29, 1.82) is 0 Å². The Hall–Kier alpha value is -0.960. The average Bonchev–Trinajstić information content (AvgIpc) is 2.33. The molecule has 0 aliphatic heterocycles. The lowest BCUT2D eigenvalue weighted by atomic mass is 10.1. The first-order valence-corrected chi connectivity index (χ1v) is 5.90. The van der Waals surface area contributed by atoms with E-state index in [9.17, 15) is 0 Å². The summed E-state index contributed by atoms with van der Waals surface area (Å²) in [4.78, 5) is 4.00. The van der Waals surface area contributed by atoms with Crippen molar-refractivity contribution in [2.75, 3.05) is 7.11 Å². The van der Waals surface area contributed by atoms with E-state index in [0.717, 1.165) is 11.1 Å². The van der Waals surface area contributed by atoms with Gasteiger partial charge in [0.1, 0.15) is 0 Å². The normalized spacial score (nSPS) is 10.4. The Morgan fingerprint density at radius 3 is 2.41 bits per heavy atom. The number of hydrogen-bond acceptors (Lipinski definition) is 2. The molecule has 5 heteroatoms. The smallest absolute Gasteiger partial charge is 0.213 e. The van der Waals surface area contributed by atoms with Gasteiger partial charge in [-0.05, 0) is 18.2 Å². The Morgan fingerprint density at radius 2 is 1.71 bits per heavy atom. The molecule has 17 heavy (non-hydrogen) atoms. The average molecular weight is 289 g/mol. The van der Waals surface area contributed by atoms with E-state index in [4.69, 9.17) is 39.5 Å². The maximum absolute atomic E-state index is 6.12. The fourth-order valence-corrected chi connectivity index (χ4v) is 2.04. The van der Waals surface area contributed by atoms with Gasteiger partial charge >= 0.3 is 0 Å². The van der Waals surface area contributed by atoms with Crippen molar-refractivity contribution >= 4 is 34.8 Å². The quantitative estimate of drug-likeness (QED) is 0.798. The van der Waals surface area contributed by atoms with E-state index < -0.39 is 0 Å². The van der Waals surface area contributed by atoms with Crippen LogP contribution >= 0.6 is 34.8 Å². The van der Waals surface area contributed by atoms with Gasteiger partial charge in [0, 0.05) is 27.2 Å². The molecule has 1 aromatic heterocycles. The number of nitrogens with zero attached hydrogens (tertiary/aromatic N) is 1. The van der Waals surface area contributed by atoms with Crippen LogP contribution in [-0.4, -0.2) is 12.1 Å². The van der Waals surface area contributed by atoms with E-state index in [0.29, 0.717) is 20.9 Å². The molecule has 0 aliphatic carbocycles. The van der Waals surface area contributed by atoms with Crippen molar-refractivity contribution in [2.24, 2.45) is 0 Å². The third-order valence-electron chi connectivity index (χ3n) is 2.26. The van der Waals surface area contributed by atoms with Crippen LogP contribution in [0.25, 0.3) is 11.1 Å². The van der Waals surface area contributed by atoms with E-state index in [-0.39, 0.29) is 0 Å². The summed E-state index contributed by atoms with van der Waals surface area (Å²) in [6.45, 7) is 0. The minimum absolute atomic E-state index is 0.473. The van der Waals surface area contributed by atoms with Crippen LogP contribution < -0.4 is 4.74 Å². The largest absolute Gasteiger partial charge is 0.481 e. The van der Waals surface area contributed by atoms with Crippen LogP contribution in [0.4, 0.5) is 0 Å². The van der Waals surface area contributed by atoms with Gasteiger partial charge in [-0.1, -0.05) is 34.8 Å². The number of halogens is 3. The lowest BCUT2D eigenvalue weighted by Gasteiger charge is -2.08. The molecule has 0 aliphatic rings. The van der Waals surface area contributed by atoms with Crippen molar-refractivity contribution < 1.29 is 4.74 Å². The Labute approximate surface area is 114 Å². The Balaban J connectivity index is 2.62. The fraction of sp³-hybridized carbons (Fsp3) is 0.0833. The van der Waals surface area contributed by atoms with Crippen LogP contribution in [0.2, 0.25) is 15.1 Å². The fourth-order valence-electron chi connectivity index (χ4n) is 1.44. The maximum Gasteiger partial charge on any atom is 0.213 e. The van der Waals surface area contributed by atoms with Crippen LogP contribution in [0, 0.1) is 0 Å². The lowest BCUT2D eigenvalue weighted by Crippen LogP contribution is -1.89. The second-order valence-corrected chi connectivity index (χ2v) is 4.58. The minimum Gasteiger partial charge on any atom is -0.481 e. The van der Waals surface area contributed by atoms with Gasteiger partial charge in [0.15, 0.2) is 0 Å². The molecule has 0 amide bonds. The highest BCUT2D eigenvalue weighted by Gasteiger charge is 2.10. The lowest BCUT2D eigenvalue weighted by molar-refractivity contribution is 0.398. The van der Waals surface area contributed by atoms with Crippen LogP contribution in [0.5, 0.6) is 5.88 Å². The molecule has 0 saturated heterocycles. The molecular weight excluding hydrogens is 280 g/mol. The molecule has 0 N–H and O–H groups in total. The molecule has 88 valence electrons. The van der Waals surface area contributed by atoms with E-state index >= 15 is 0 Å². The second kappa shape index (κ2) is 5.13. The molecule has 0 spiro atoms. The number of methoxy groups -OCH3 is 1. The number of benzene rings is 1. The zero-order valence-corrected chi connectivity index (χ0v) is 11.1. The van der Waals surface area contributed by atoms with Gasteiger partial charge in [-0.25, -0.2) is 4.98 Å². The van der Waals surface area contributed by atoms with E-state index in [1.165, 1.54) is 6.20 Å². The highest BCUT2D eigenvalue weighted by molar-refractivity contribution is 6.37. The van der Waals surface area contributed by atoms with Crippen LogP contribution in [0.3, 0.4) is 0 Å². The SMILES string of the molecule is COc1cc(-c2cc(Cl)ccc2Cl)c(Cl)cn1. The number of aromatic nitrogens is 1. The zero-order chi connectivity index (χ0) is 12.4. The first-order chi connectivity index (χ1) is 8.11. The molecule has 1 aromatic carbocycles. The summed E-state index contributed by atoms with van der Waals surface area (Å²) in [5.74, 6) is 0.473. The molecule has 0 unspecified atom stereocenters. The summed E-state index contributed by atoms with van der Waals surface area (Å²) in [7, 11) is 1.54. The van der Waals surface area contributed by atoms with Crippen LogP contribution in [-0.2, 0) is 0 Å². The second-order valence-electron chi connectivity index (χ2n) is 3.33. The number of ether oxygens (including phenoxy) is 1. The Bertz CT molecular complexity index is 557. The molecule has 0 bridgehead atoms. The van der Waals surface area contributed by atoms with E-state index in [1.807, 2.05) is 0 Å². The molecule has 1 heterocycles. The predicted octanol–water partition coefficient (Wildman–Crippen LogP) is 4.72.